The lowest BCUT2D eigenvalue weighted by Crippen LogP contribution is -2.53. The van der Waals surface area contributed by atoms with E-state index in [1.54, 1.807) is 31.2 Å². The van der Waals surface area contributed by atoms with E-state index >= 15 is 0 Å². The van der Waals surface area contributed by atoms with Gasteiger partial charge in [-0.25, -0.2) is 4.68 Å². The summed E-state index contributed by atoms with van der Waals surface area (Å²) in [7, 11) is 0. The van der Waals surface area contributed by atoms with Crippen LogP contribution in [-0.2, 0) is 9.59 Å². The highest BCUT2D eigenvalue weighted by molar-refractivity contribution is 6.30. The summed E-state index contributed by atoms with van der Waals surface area (Å²) in [5, 5.41) is 6.49. The minimum Gasteiger partial charge on any atom is -0.367 e. The highest BCUT2D eigenvalue weighted by Crippen LogP contribution is 2.13. The Balaban J connectivity index is 2.45. The standard InChI is InChI=1S/C15H14ClN5O4/c1-7-6-10(22)11(15(25)19-12(13(17)23)14(18)24)20-21(7)9-4-2-8(16)3-5-9/h2-6,12H,1H3,(H2,17,23)(H2,18,24)(H,19,25). The normalized spacial score (nSPS) is 10.5. The van der Waals surface area contributed by atoms with E-state index < -0.39 is 34.9 Å². The van der Waals surface area contributed by atoms with E-state index in [9.17, 15) is 19.2 Å². The van der Waals surface area contributed by atoms with Gasteiger partial charge >= 0.3 is 0 Å². The van der Waals surface area contributed by atoms with E-state index in [0.29, 0.717) is 16.4 Å². The van der Waals surface area contributed by atoms with E-state index in [1.165, 1.54) is 10.7 Å². The maximum absolute atomic E-state index is 12.2. The Morgan fingerprint density at radius 3 is 2.24 bits per heavy atom. The monoisotopic (exact) mass is 363 g/mol. The molecule has 25 heavy (non-hydrogen) atoms. The first kappa shape index (κ1) is 18.1. The van der Waals surface area contributed by atoms with Crippen molar-refractivity contribution >= 4 is 29.3 Å². The number of benzene rings is 1. The Morgan fingerprint density at radius 2 is 1.72 bits per heavy atom. The molecule has 0 aliphatic heterocycles. The molecule has 0 unspecified atom stereocenters. The number of hydrogen-bond acceptors (Lipinski definition) is 5. The summed E-state index contributed by atoms with van der Waals surface area (Å²) in [4.78, 5) is 46.6. The van der Waals surface area contributed by atoms with Crippen LogP contribution in [0.15, 0.2) is 35.1 Å². The average Bonchev–Trinajstić information content (AvgIpc) is 2.53. The predicted octanol–water partition coefficient (Wildman–Crippen LogP) is -0.737. The summed E-state index contributed by atoms with van der Waals surface area (Å²) >= 11 is 5.83. The summed E-state index contributed by atoms with van der Waals surface area (Å²) in [6.07, 6.45) is 0. The first-order valence-corrected chi connectivity index (χ1v) is 7.35. The number of rotatable bonds is 5. The fourth-order valence-electron chi connectivity index (χ4n) is 2.03. The number of aromatic nitrogens is 2. The van der Waals surface area contributed by atoms with Crippen LogP contribution in [-0.4, -0.2) is 33.5 Å². The second kappa shape index (κ2) is 7.14. The molecular formula is C15H14ClN5O4. The largest absolute Gasteiger partial charge is 0.367 e. The fourth-order valence-corrected chi connectivity index (χ4v) is 2.16. The van der Waals surface area contributed by atoms with E-state index in [4.69, 9.17) is 23.1 Å². The van der Waals surface area contributed by atoms with Crippen molar-refractivity contribution in [2.75, 3.05) is 0 Å². The average molecular weight is 364 g/mol. The van der Waals surface area contributed by atoms with E-state index in [1.807, 2.05) is 5.32 Å². The van der Waals surface area contributed by atoms with E-state index in [2.05, 4.69) is 5.10 Å². The third kappa shape index (κ3) is 4.01. The maximum atomic E-state index is 12.2. The first-order chi connectivity index (χ1) is 11.7. The predicted molar refractivity (Wildman–Crippen MR) is 89.2 cm³/mol. The van der Waals surface area contributed by atoms with Crippen molar-refractivity contribution in [3.05, 3.63) is 57.0 Å². The van der Waals surface area contributed by atoms with Gasteiger partial charge in [-0.1, -0.05) is 11.6 Å². The lowest BCUT2D eigenvalue weighted by atomic mass is 10.2. The number of nitrogens with one attached hydrogen (secondary N) is 1. The van der Waals surface area contributed by atoms with Crippen molar-refractivity contribution in [1.82, 2.24) is 15.1 Å². The Kier molecular flexibility index (Phi) is 5.18. The number of hydrogen-bond donors (Lipinski definition) is 3. The van der Waals surface area contributed by atoms with Gasteiger partial charge in [0.1, 0.15) is 0 Å². The van der Waals surface area contributed by atoms with E-state index in [-0.39, 0.29) is 0 Å². The Hall–Kier alpha value is -3.20. The van der Waals surface area contributed by atoms with Crippen LogP contribution in [0, 0.1) is 6.92 Å². The number of amides is 3. The molecule has 9 nitrogen and oxygen atoms in total. The molecule has 2 aromatic rings. The van der Waals surface area contributed by atoms with Crippen molar-refractivity contribution in [2.24, 2.45) is 11.5 Å². The zero-order valence-corrected chi connectivity index (χ0v) is 13.8. The molecule has 0 aliphatic carbocycles. The van der Waals surface area contributed by atoms with Crippen LogP contribution >= 0.6 is 11.6 Å². The molecule has 0 fully saturated rings. The molecule has 1 aromatic carbocycles. The van der Waals surface area contributed by atoms with Crippen LogP contribution in [0.4, 0.5) is 0 Å². The zero-order valence-electron chi connectivity index (χ0n) is 13.0. The second-order valence-electron chi connectivity index (χ2n) is 5.10. The topological polar surface area (TPSA) is 150 Å². The van der Waals surface area contributed by atoms with Gasteiger partial charge in [0.25, 0.3) is 5.91 Å². The Morgan fingerprint density at radius 1 is 1.16 bits per heavy atom. The number of primary amides is 2. The van der Waals surface area contributed by atoms with Gasteiger partial charge in [-0.05, 0) is 31.2 Å². The molecule has 2 rings (SSSR count). The number of aryl methyl sites for hydroxylation is 1. The molecule has 0 spiro atoms. The molecule has 1 aromatic heterocycles. The van der Waals surface area contributed by atoms with Crippen molar-refractivity contribution in [3.63, 3.8) is 0 Å². The SMILES string of the molecule is Cc1cc(=O)c(C(=O)NC(C(N)=O)C(N)=O)nn1-c1ccc(Cl)cc1. The number of nitrogens with zero attached hydrogens (tertiary/aromatic N) is 2. The molecule has 0 aliphatic rings. The smallest absolute Gasteiger partial charge is 0.276 e. The molecule has 0 saturated carbocycles. The Labute approximate surface area is 146 Å². The quantitative estimate of drug-likeness (QED) is 0.598. The van der Waals surface area contributed by atoms with Gasteiger partial charge < -0.3 is 16.8 Å². The summed E-state index contributed by atoms with van der Waals surface area (Å²) in [6, 6.07) is 5.96. The van der Waals surface area contributed by atoms with Crippen molar-refractivity contribution < 1.29 is 14.4 Å². The summed E-state index contributed by atoms with van der Waals surface area (Å²) in [5.41, 5.74) is 9.79. The minimum atomic E-state index is -1.75. The van der Waals surface area contributed by atoms with Crippen LogP contribution < -0.4 is 22.2 Å². The van der Waals surface area contributed by atoms with Crippen molar-refractivity contribution in [2.45, 2.75) is 13.0 Å². The number of halogens is 1. The van der Waals surface area contributed by atoms with Crippen LogP contribution in [0.2, 0.25) is 5.02 Å². The summed E-state index contributed by atoms with van der Waals surface area (Å²) in [6.45, 7) is 1.63. The van der Waals surface area contributed by atoms with Gasteiger partial charge in [0.2, 0.25) is 17.2 Å². The first-order valence-electron chi connectivity index (χ1n) is 6.97. The fraction of sp³-hybridized carbons (Fsp3) is 0.133. The van der Waals surface area contributed by atoms with Gasteiger partial charge in [0.05, 0.1) is 5.69 Å². The van der Waals surface area contributed by atoms with Crippen LogP contribution in [0.25, 0.3) is 5.69 Å². The van der Waals surface area contributed by atoms with Crippen LogP contribution in [0.5, 0.6) is 0 Å². The van der Waals surface area contributed by atoms with Crippen LogP contribution in [0.3, 0.4) is 0 Å². The highest BCUT2D eigenvalue weighted by atomic mass is 35.5. The van der Waals surface area contributed by atoms with Crippen LogP contribution in [0.1, 0.15) is 16.2 Å². The Bertz CT molecular complexity index is 893. The molecule has 0 radical (unpaired) electrons. The molecule has 0 saturated heterocycles. The number of carbonyl (C=O) groups excluding carboxylic acids is 3. The third-order valence-corrected chi connectivity index (χ3v) is 3.49. The van der Waals surface area contributed by atoms with Gasteiger partial charge in [0, 0.05) is 16.8 Å². The lowest BCUT2D eigenvalue weighted by Gasteiger charge is -2.13. The molecular weight excluding hydrogens is 350 g/mol. The van der Waals surface area contributed by atoms with Crippen molar-refractivity contribution in [3.8, 4) is 5.69 Å². The summed E-state index contributed by atoms with van der Waals surface area (Å²) in [5.74, 6) is -3.34. The number of nitrogens with two attached hydrogens (primary N) is 2. The molecule has 0 atom stereocenters. The zero-order chi connectivity index (χ0) is 18.7. The van der Waals surface area contributed by atoms with Gasteiger partial charge in [0.15, 0.2) is 11.7 Å². The molecule has 5 N–H and O–H groups in total. The molecule has 130 valence electrons. The van der Waals surface area contributed by atoms with Crippen molar-refractivity contribution in [1.29, 1.82) is 0 Å². The lowest BCUT2D eigenvalue weighted by molar-refractivity contribution is -0.128. The highest BCUT2D eigenvalue weighted by Gasteiger charge is 2.26. The second-order valence-corrected chi connectivity index (χ2v) is 5.53. The van der Waals surface area contributed by atoms with Gasteiger partial charge in [-0.2, -0.15) is 5.10 Å². The third-order valence-electron chi connectivity index (χ3n) is 3.24. The maximum Gasteiger partial charge on any atom is 0.276 e. The van der Waals surface area contributed by atoms with Gasteiger partial charge in [-0.3, -0.25) is 19.2 Å². The number of carbonyl (C=O) groups is 3. The minimum absolute atomic E-state index is 0.463. The molecule has 3 amide bonds. The van der Waals surface area contributed by atoms with E-state index in [0.717, 1.165) is 0 Å². The van der Waals surface area contributed by atoms with Gasteiger partial charge in [-0.15, -0.1) is 0 Å². The molecule has 1 heterocycles. The molecule has 10 heteroatoms. The molecule has 0 bridgehead atoms. The summed E-state index contributed by atoms with van der Waals surface area (Å²) < 4.78 is 1.34.